The average molecular weight is 448 g/mol. The number of carbonyl (C=O) groups excluding carboxylic acids is 1. The summed E-state index contributed by atoms with van der Waals surface area (Å²) in [5.41, 5.74) is 0. The minimum absolute atomic E-state index is 0.0819. The summed E-state index contributed by atoms with van der Waals surface area (Å²) >= 11 is 0. The van der Waals surface area contributed by atoms with E-state index in [0.29, 0.717) is 6.42 Å². The fourth-order valence-corrected chi connectivity index (χ4v) is 3.25. The Balaban J connectivity index is 3.69. The first-order valence-electron chi connectivity index (χ1n) is 11.4. The molecule has 0 bridgehead atoms. The number of nitro groups is 3. The molecule has 0 atom stereocenters. The van der Waals surface area contributed by atoms with Crippen LogP contribution in [-0.4, -0.2) is 33.1 Å². The van der Waals surface area contributed by atoms with E-state index in [0.717, 1.165) is 25.7 Å². The molecule has 0 amide bonds. The number of ether oxygens (including phenoxy) is 1. The highest BCUT2D eigenvalue weighted by molar-refractivity contribution is 5.69. The molecule has 0 saturated carbocycles. The van der Waals surface area contributed by atoms with Crippen LogP contribution in [0, 0.1) is 30.3 Å². The van der Waals surface area contributed by atoms with Crippen LogP contribution in [0.25, 0.3) is 0 Å². The van der Waals surface area contributed by atoms with Crippen LogP contribution in [0.4, 0.5) is 0 Å². The lowest BCUT2D eigenvalue weighted by Crippen LogP contribution is -2.57. The first-order valence-corrected chi connectivity index (χ1v) is 11.4. The molecule has 11 heteroatoms. The molecule has 0 saturated heterocycles. The van der Waals surface area contributed by atoms with Crippen LogP contribution in [0.15, 0.2) is 0 Å². The molecular formula is C20H37N3O8. The van der Waals surface area contributed by atoms with Crippen molar-refractivity contribution in [2.45, 2.75) is 115 Å². The van der Waals surface area contributed by atoms with E-state index in [1.807, 2.05) is 0 Å². The third-order valence-corrected chi connectivity index (χ3v) is 5.29. The van der Waals surface area contributed by atoms with Gasteiger partial charge in [-0.3, -0.25) is 35.1 Å². The number of carbonyl (C=O) groups is 1. The lowest BCUT2D eigenvalue weighted by molar-refractivity contribution is -0.970. The Morgan fingerprint density at radius 1 is 0.645 bits per heavy atom. The van der Waals surface area contributed by atoms with Gasteiger partial charge in [0.15, 0.2) is 14.8 Å². The molecule has 11 nitrogen and oxygen atoms in total. The predicted octanol–water partition coefficient (Wildman–Crippen LogP) is 5.28. The zero-order valence-corrected chi connectivity index (χ0v) is 18.6. The second-order valence-corrected chi connectivity index (χ2v) is 7.91. The first-order chi connectivity index (χ1) is 14.8. The Bertz CT molecular complexity index is 521. The smallest absolute Gasteiger partial charge is 0.441 e. The Kier molecular flexibility index (Phi) is 16.1. The van der Waals surface area contributed by atoms with Crippen molar-refractivity contribution < 1.29 is 24.3 Å². The highest BCUT2D eigenvalue weighted by Crippen LogP contribution is 2.15. The molecule has 0 spiro atoms. The second-order valence-electron chi connectivity index (χ2n) is 7.91. The third kappa shape index (κ3) is 12.2. The summed E-state index contributed by atoms with van der Waals surface area (Å²) in [5.74, 6) is -4.67. The number of esters is 1. The summed E-state index contributed by atoms with van der Waals surface area (Å²) in [6, 6.07) is 0. The fraction of sp³-hybridized carbons (Fsp3) is 0.950. The highest BCUT2D eigenvalue weighted by Gasteiger charge is 2.72. The van der Waals surface area contributed by atoms with Crippen LogP contribution in [0.1, 0.15) is 110 Å². The predicted molar refractivity (Wildman–Crippen MR) is 114 cm³/mol. The zero-order chi connectivity index (χ0) is 23.5. The van der Waals surface area contributed by atoms with Gasteiger partial charge in [0.2, 0.25) is 0 Å². The quantitative estimate of drug-likeness (QED) is 0.0756. The molecule has 31 heavy (non-hydrogen) atoms. The van der Waals surface area contributed by atoms with Gasteiger partial charge in [0.1, 0.15) is 0 Å². The van der Waals surface area contributed by atoms with E-state index in [1.165, 1.54) is 64.2 Å². The van der Waals surface area contributed by atoms with Crippen LogP contribution < -0.4 is 0 Å². The highest BCUT2D eigenvalue weighted by atomic mass is 16.7. The first kappa shape index (κ1) is 28.7. The summed E-state index contributed by atoms with van der Waals surface area (Å²) in [6.07, 6.45) is 17.3. The molecule has 0 aromatic rings. The van der Waals surface area contributed by atoms with E-state index in [1.54, 1.807) is 0 Å². The van der Waals surface area contributed by atoms with Crippen LogP contribution >= 0.6 is 0 Å². The molecule has 0 radical (unpaired) electrons. The van der Waals surface area contributed by atoms with Gasteiger partial charge in [0.25, 0.3) is 0 Å². The van der Waals surface area contributed by atoms with Gasteiger partial charge in [-0.15, -0.1) is 0 Å². The van der Waals surface area contributed by atoms with E-state index < -0.39 is 33.1 Å². The maximum Gasteiger partial charge on any atom is 0.734 e. The third-order valence-electron chi connectivity index (χ3n) is 5.29. The van der Waals surface area contributed by atoms with E-state index in [9.17, 15) is 35.1 Å². The minimum atomic E-state index is -3.76. The van der Waals surface area contributed by atoms with Crippen molar-refractivity contribution in [3.8, 4) is 0 Å². The number of rotatable bonds is 21. The number of hydrogen-bond donors (Lipinski definition) is 0. The molecule has 0 aliphatic carbocycles. The van der Waals surface area contributed by atoms with Gasteiger partial charge in [-0.1, -0.05) is 96.8 Å². The summed E-state index contributed by atoms with van der Waals surface area (Å²) in [7, 11) is 0. The van der Waals surface area contributed by atoms with Crippen molar-refractivity contribution in [3.05, 3.63) is 30.3 Å². The van der Waals surface area contributed by atoms with Crippen molar-refractivity contribution in [3.63, 3.8) is 0 Å². The second kappa shape index (κ2) is 17.4. The van der Waals surface area contributed by atoms with Gasteiger partial charge in [-0.05, 0) is 6.42 Å². The van der Waals surface area contributed by atoms with Crippen molar-refractivity contribution in [2.24, 2.45) is 0 Å². The van der Waals surface area contributed by atoms with Crippen molar-refractivity contribution in [2.75, 3.05) is 6.61 Å². The molecule has 0 aliphatic heterocycles. The number of hydrogen-bond acceptors (Lipinski definition) is 8. The lowest BCUT2D eigenvalue weighted by Gasteiger charge is -2.09. The Morgan fingerprint density at radius 3 is 1.29 bits per heavy atom. The van der Waals surface area contributed by atoms with Crippen LogP contribution in [-0.2, 0) is 9.53 Å². The van der Waals surface area contributed by atoms with Gasteiger partial charge in [-0.25, -0.2) is 0 Å². The molecule has 0 aliphatic rings. The molecular weight excluding hydrogens is 410 g/mol. The molecule has 0 rings (SSSR count). The Labute approximate surface area is 183 Å². The molecule has 0 unspecified atom stereocenters. The normalized spacial score (nSPS) is 11.3. The zero-order valence-electron chi connectivity index (χ0n) is 18.6. The maximum atomic E-state index is 11.6. The van der Waals surface area contributed by atoms with Gasteiger partial charge in [0.05, 0.1) is 0 Å². The minimum Gasteiger partial charge on any atom is -0.441 e. The standard InChI is InChI=1S/C20H37N3O8/c1-2-3-4-5-6-7-8-9-10-11-12-13-14-15-16-17-19(24)31-18-20(21(25)26,22(27)28)23(29)30/h2-18H2,1H3. The fourth-order valence-electron chi connectivity index (χ4n) is 3.25. The summed E-state index contributed by atoms with van der Waals surface area (Å²) in [6.45, 7) is 0.693. The van der Waals surface area contributed by atoms with Gasteiger partial charge in [0, 0.05) is 6.42 Å². The lowest BCUT2D eigenvalue weighted by atomic mass is 10.0. The van der Waals surface area contributed by atoms with Crippen molar-refractivity contribution in [1.29, 1.82) is 0 Å². The largest absolute Gasteiger partial charge is 0.734 e. The van der Waals surface area contributed by atoms with Crippen LogP contribution in [0.2, 0.25) is 0 Å². The number of unbranched alkanes of at least 4 members (excludes halogenated alkanes) is 14. The van der Waals surface area contributed by atoms with E-state index >= 15 is 0 Å². The average Bonchev–Trinajstić information content (AvgIpc) is 2.70. The van der Waals surface area contributed by atoms with Crippen LogP contribution in [0.5, 0.6) is 0 Å². The number of nitrogens with zero attached hydrogens (tertiary/aromatic N) is 3. The SMILES string of the molecule is CCCCCCCCCCCCCCCCCC(=O)OCC([N+](=O)[O-])([N+](=O)[O-])[N+](=O)[O-]. The molecule has 0 aromatic carbocycles. The van der Waals surface area contributed by atoms with Gasteiger partial charge in [-0.2, -0.15) is 0 Å². The van der Waals surface area contributed by atoms with Gasteiger partial charge < -0.3 is 4.74 Å². The summed E-state index contributed by atoms with van der Waals surface area (Å²) in [5, 5.41) is 32.3. The van der Waals surface area contributed by atoms with Crippen molar-refractivity contribution in [1.82, 2.24) is 0 Å². The van der Waals surface area contributed by atoms with Gasteiger partial charge >= 0.3 is 18.4 Å². The molecule has 0 N–H and O–H groups in total. The summed E-state index contributed by atoms with van der Waals surface area (Å²) < 4.78 is 4.45. The topological polar surface area (TPSA) is 156 Å². The van der Waals surface area contributed by atoms with Crippen molar-refractivity contribution >= 4 is 5.97 Å². The van der Waals surface area contributed by atoms with E-state index in [2.05, 4.69) is 11.7 Å². The Hall–Kier alpha value is -2.33. The molecule has 0 aromatic heterocycles. The molecule has 180 valence electrons. The van der Waals surface area contributed by atoms with Crippen LogP contribution in [0.3, 0.4) is 0 Å². The Morgan fingerprint density at radius 2 is 0.968 bits per heavy atom. The summed E-state index contributed by atoms with van der Waals surface area (Å²) in [4.78, 5) is 38.9. The molecule has 0 fully saturated rings. The monoisotopic (exact) mass is 447 g/mol. The molecule has 0 heterocycles. The maximum absolute atomic E-state index is 11.6. The van der Waals surface area contributed by atoms with E-state index in [4.69, 9.17) is 0 Å². The van der Waals surface area contributed by atoms with E-state index in [-0.39, 0.29) is 6.42 Å².